The van der Waals surface area contributed by atoms with E-state index in [0.717, 1.165) is 11.1 Å². The van der Waals surface area contributed by atoms with E-state index < -0.39 is 0 Å². The van der Waals surface area contributed by atoms with Gasteiger partial charge in [0.15, 0.2) is 0 Å². The van der Waals surface area contributed by atoms with E-state index in [-0.39, 0.29) is 41.1 Å². The minimum Gasteiger partial charge on any atom is -0.248 e. The van der Waals surface area contributed by atoms with Gasteiger partial charge in [0.2, 0.25) is 0 Å². The Hall–Kier alpha value is -2.40. The van der Waals surface area contributed by atoms with Crippen molar-refractivity contribution in [2.75, 3.05) is 0 Å². The van der Waals surface area contributed by atoms with Crippen molar-refractivity contribution in [3.05, 3.63) is 88.7 Å². The van der Waals surface area contributed by atoms with Crippen LogP contribution in [-0.4, -0.2) is 16.4 Å². The predicted molar refractivity (Wildman–Crippen MR) is 118 cm³/mol. The van der Waals surface area contributed by atoms with Crippen LogP contribution in [0.1, 0.15) is 36.4 Å². The molecule has 1 aromatic heterocycles. The number of pyridine rings is 1. The molecule has 0 aliphatic heterocycles. The third-order valence-electron chi connectivity index (χ3n) is 4.43. The molecule has 2 aromatic carbocycles. The Morgan fingerprint density at radius 1 is 0.700 bits per heavy atom. The van der Waals surface area contributed by atoms with E-state index >= 15 is 0 Å². The number of aromatic nitrogens is 1. The number of aliphatic imine (C=N–C) groups is 2. The second-order valence-corrected chi connectivity index (χ2v) is 6.61. The fraction of sp³-hybridized carbons (Fsp3) is 0.174. The van der Waals surface area contributed by atoms with E-state index in [4.69, 9.17) is 0 Å². The van der Waals surface area contributed by atoms with E-state index in [1.54, 1.807) is 38.1 Å². The van der Waals surface area contributed by atoms with Gasteiger partial charge in [-0.15, -0.1) is 12.4 Å². The maximum Gasteiger partial charge on any atom is 0.149 e. The summed E-state index contributed by atoms with van der Waals surface area (Å²) in [6.07, 6.45) is 0. The summed E-state index contributed by atoms with van der Waals surface area (Å²) in [5, 5.41) is 0. The molecule has 1 heterocycles. The molecule has 0 aliphatic rings. The van der Waals surface area contributed by atoms with Crippen LogP contribution >= 0.6 is 12.4 Å². The summed E-state index contributed by atoms with van der Waals surface area (Å²) < 4.78 is 28.1. The van der Waals surface area contributed by atoms with Crippen LogP contribution in [0.25, 0.3) is 0 Å². The Balaban J connectivity index is 0.00000225. The van der Waals surface area contributed by atoms with Crippen LogP contribution in [0, 0.1) is 25.5 Å². The number of hydrogen-bond donors (Lipinski definition) is 0. The minimum atomic E-state index is -0.372. The van der Waals surface area contributed by atoms with Crippen molar-refractivity contribution in [2.24, 2.45) is 9.98 Å². The van der Waals surface area contributed by atoms with Crippen molar-refractivity contribution < 1.29 is 25.8 Å². The summed E-state index contributed by atoms with van der Waals surface area (Å²) in [5.41, 5.74) is 4.51. The molecule has 7 heteroatoms. The Kier molecular flexibility index (Phi) is 9.50. The fourth-order valence-electron chi connectivity index (χ4n) is 2.82. The van der Waals surface area contributed by atoms with Gasteiger partial charge in [-0.25, -0.2) is 23.7 Å². The average Bonchev–Trinajstić information content (AvgIpc) is 2.67. The molecule has 3 aromatic rings. The number of rotatable bonds is 4. The quantitative estimate of drug-likeness (QED) is 0.310. The molecule has 0 unspecified atom stereocenters. The summed E-state index contributed by atoms with van der Waals surface area (Å²) in [6, 6.07) is 15.1. The molecule has 0 saturated heterocycles. The zero-order valence-electron chi connectivity index (χ0n) is 17.1. The monoisotopic (exact) mass is 469 g/mol. The molecular weight excluding hydrogens is 448 g/mol. The second kappa shape index (κ2) is 11.1. The zero-order valence-corrected chi connectivity index (χ0v) is 19.0. The number of halogens is 3. The van der Waals surface area contributed by atoms with Gasteiger partial charge in [-0.1, -0.05) is 30.3 Å². The molecule has 0 aliphatic carbocycles. The number of benzene rings is 2. The summed E-state index contributed by atoms with van der Waals surface area (Å²) in [7, 11) is 0. The first-order valence-corrected chi connectivity index (χ1v) is 8.95. The van der Waals surface area contributed by atoms with Crippen LogP contribution in [-0.2, 0) is 17.1 Å². The molecule has 0 bridgehead atoms. The molecule has 3 rings (SSSR count). The second-order valence-electron chi connectivity index (χ2n) is 6.61. The molecule has 30 heavy (non-hydrogen) atoms. The first-order chi connectivity index (χ1) is 13.4. The van der Waals surface area contributed by atoms with Crippen molar-refractivity contribution >= 4 is 35.2 Å². The Bertz CT molecular complexity index is 974. The van der Waals surface area contributed by atoms with Gasteiger partial charge in [0, 0.05) is 17.1 Å². The summed E-state index contributed by atoms with van der Waals surface area (Å²) >= 11 is 0. The zero-order chi connectivity index (χ0) is 20.3. The van der Waals surface area contributed by atoms with Gasteiger partial charge in [0.25, 0.3) is 0 Å². The third kappa shape index (κ3) is 5.82. The number of para-hydroxylation sites is 2. The summed E-state index contributed by atoms with van der Waals surface area (Å²) in [4.78, 5) is 13.4. The number of hydrogen-bond acceptors (Lipinski definition) is 3. The van der Waals surface area contributed by atoms with Crippen LogP contribution in [0.2, 0.25) is 0 Å². The molecule has 0 fully saturated rings. The molecule has 0 atom stereocenters. The summed E-state index contributed by atoms with van der Waals surface area (Å²) in [6.45, 7) is 7.19. The largest absolute Gasteiger partial charge is 0.248 e. The Labute approximate surface area is 192 Å². The molecule has 158 valence electrons. The maximum absolute atomic E-state index is 14.1. The minimum absolute atomic E-state index is 0. The predicted octanol–water partition coefficient (Wildman–Crippen LogP) is 6.68. The SMILES string of the molecule is CC(=Nc1c(C)cccc1F)c1cccc(C(C)=Nc2c(C)cccc2F)n1.Cl.[Fe]. The molecule has 0 spiro atoms. The van der Waals surface area contributed by atoms with Gasteiger partial charge in [-0.05, 0) is 63.1 Å². The number of nitrogens with zero attached hydrogens (tertiary/aromatic N) is 3. The molecule has 0 saturated carbocycles. The molecule has 0 radical (unpaired) electrons. The van der Waals surface area contributed by atoms with Gasteiger partial charge in [-0.2, -0.15) is 0 Å². The van der Waals surface area contributed by atoms with Crippen molar-refractivity contribution in [3.63, 3.8) is 0 Å². The first kappa shape index (κ1) is 25.6. The third-order valence-corrected chi connectivity index (χ3v) is 4.43. The molecule has 0 N–H and O–H groups in total. The van der Waals surface area contributed by atoms with E-state index in [9.17, 15) is 8.78 Å². The Morgan fingerprint density at radius 3 is 1.43 bits per heavy atom. The number of aryl methyl sites for hydroxylation is 2. The van der Waals surface area contributed by atoms with Gasteiger partial charge >= 0.3 is 0 Å². The topological polar surface area (TPSA) is 37.6 Å². The van der Waals surface area contributed by atoms with Crippen molar-refractivity contribution in [3.8, 4) is 0 Å². The normalized spacial score (nSPS) is 11.5. The van der Waals surface area contributed by atoms with Crippen LogP contribution in [0.15, 0.2) is 64.6 Å². The molecule has 0 amide bonds. The standard InChI is InChI=1S/C23H21F2N3.ClH.Fe/c1-14-8-5-10-18(24)22(14)26-16(3)20-12-7-13-21(28-20)17(4)27-23-15(2)9-6-11-19(23)25;;/h5-13H,1-4H3;1H;. The van der Waals surface area contributed by atoms with Crippen LogP contribution in [0.5, 0.6) is 0 Å². The van der Waals surface area contributed by atoms with E-state index in [2.05, 4.69) is 15.0 Å². The van der Waals surface area contributed by atoms with Crippen molar-refractivity contribution in [1.82, 2.24) is 4.98 Å². The van der Waals surface area contributed by atoms with E-state index in [0.29, 0.717) is 34.2 Å². The molecular formula is C23H22ClF2FeN3. The Morgan fingerprint density at radius 2 is 1.07 bits per heavy atom. The molecule has 3 nitrogen and oxygen atoms in total. The smallest absolute Gasteiger partial charge is 0.149 e. The van der Waals surface area contributed by atoms with E-state index in [1.807, 2.05) is 32.0 Å². The first-order valence-electron chi connectivity index (χ1n) is 8.95. The van der Waals surface area contributed by atoms with E-state index in [1.165, 1.54) is 12.1 Å². The average molecular weight is 470 g/mol. The van der Waals surface area contributed by atoms with Crippen LogP contribution < -0.4 is 0 Å². The van der Waals surface area contributed by atoms with Gasteiger partial charge < -0.3 is 0 Å². The maximum atomic E-state index is 14.1. The van der Waals surface area contributed by atoms with Gasteiger partial charge in [0.1, 0.15) is 23.0 Å². The van der Waals surface area contributed by atoms with Gasteiger partial charge in [0.05, 0.1) is 22.8 Å². The van der Waals surface area contributed by atoms with Crippen LogP contribution in [0.4, 0.5) is 20.2 Å². The van der Waals surface area contributed by atoms with Crippen molar-refractivity contribution in [1.29, 1.82) is 0 Å². The van der Waals surface area contributed by atoms with Gasteiger partial charge in [-0.3, -0.25) is 0 Å². The van der Waals surface area contributed by atoms with Crippen molar-refractivity contribution in [2.45, 2.75) is 27.7 Å². The summed E-state index contributed by atoms with van der Waals surface area (Å²) in [5.74, 6) is -0.744. The van der Waals surface area contributed by atoms with Crippen LogP contribution in [0.3, 0.4) is 0 Å². The fourth-order valence-corrected chi connectivity index (χ4v) is 2.82.